The lowest BCUT2D eigenvalue weighted by atomic mass is 9.92. The SMILES string of the molecule is CCC(CC)C(CNC(=NC)NCc1cc(C(=O)OC)c(C)o1)N1CCOCC1. The third kappa shape index (κ3) is 6.47. The molecule has 1 fully saturated rings. The minimum absolute atomic E-state index is 0.390. The predicted octanol–water partition coefficient (Wildman–Crippen LogP) is 2.18. The number of guanidine groups is 1. The highest BCUT2D eigenvalue weighted by Crippen LogP contribution is 2.20. The Balaban J connectivity index is 1.94. The topological polar surface area (TPSA) is 88.3 Å². The number of morpholine rings is 1. The molecule has 1 aromatic rings. The van der Waals surface area contributed by atoms with Crippen molar-refractivity contribution in [3.63, 3.8) is 0 Å². The van der Waals surface area contributed by atoms with Gasteiger partial charge < -0.3 is 24.5 Å². The van der Waals surface area contributed by atoms with Gasteiger partial charge in [-0.3, -0.25) is 9.89 Å². The lowest BCUT2D eigenvalue weighted by Crippen LogP contribution is -2.53. The number of aliphatic imine (C=N–C) groups is 1. The standard InChI is InChI=1S/C21H36N4O4/c1-6-16(7-2)19(25-8-10-28-11-9-25)14-24-21(22-4)23-13-17-12-18(15(3)29-17)20(26)27-5/h12,16,19H,6-11,13-14H2,1-5H3,(H2,22,23,24). The van der Waals surface area contributed by atoms with Gasteiger partial charge in [0.15, 0.2) is 5.96 Å². The number of carbonyl (C=O) groups is 1. The molecule has 2 heterocycles. The molecule has 0 spiro atoms. The second kappa shape index (κ2) is 11.8. The molecule has 0 aliphatic carbocycles. The van der Waals surface area contributed by atoms with E-state index in [-0.39, 0.29) is 0 Å². The molecule has 1 unspecified atom stereocenters. The molecule has 0 radical (unpaired) electrons. The summed E-state index contributed by atoms with van der Waals surface area (Å²) in [6.45, 7) is 11.0. The van der Waals surface area contributed by atoms with Gasteiger partial charge in [-0.05, 0) is 18.9 Å². The summed E-state index contributed by atoms with van der Waals surface area (Å²) in [7, 11) is 3.12. The highest BCUT2D eigenvalue weighted by molar-refractivity contribution is 5.90. The Labute approximate surface area is 174 Å². The van der Waals surface area contributed by atoms with E-state index in [0.29, 0.717) is 41.5 Å². The number of hydrogen-bond donors (Lipinski definition) is 2. The molecule has 8 heteroatoms. The zero-order valence-electron chi connectivity index (χ0n) is 18.4. The normalized spacial score (nSPS) is 16.7. The van der Waals surface area contributed by atoms with Crippen molar-refractivity contribution >= 4 is 11.9 Å². The fraction of sp³-hybridized carbons (Fsp3) is 0.714. The van der Waals surface area contributed by atoms with Gasteiger partial charge in [0.2, 0.25) is 0 Å². The van der Waals surface area contributed by atoms with Gasteiger partial charge in [0.25, 0.3) is 0 Å². The summed E-state index contributed by atoms with van der Waals surface area (Å²) < 4.78 is 16.0. The molecule has 8 nitrogen and oxygen atoms in total. The van der Waals surface area contributed by atoms with Crippen LogP contribution in [-0.2, 0) is 16.0 Å². The van der Waals surface area contributed by atoms with E-state index >= 15 is 0 Å². The monoisotopic (exact) mass is 408 g/mol. The van der Waals surface area contributed by atoms with Gasteiger partial charge in [0.05, 0.1) is 26.9 Å². The second-order valence-electron chi connectivity index (χ2n) is 7.27. The fourth-order valence-corrected chi connectivity index (χ4v) is 3.87. The third-order valence-electron chi connectivity index (χ3n) is 5.61. The Morgan fingerprint density at radius 3 is 2.55 bits per heavy atom. The van der Waals surface area contributed by atoms with E-state index in [2.05, 4.69) is 34.4 Å². The van der Waals surface area contributed by atoms with Crippen LogP contribution in [0.4, 0.5) is 0 Å². The molecule has 1 atom stereocenters. The van der Waals surface area contributed by atoms with E-state index in [1.165, 1.54) is 7.11 Å². The summed E-state index contributed by atoms with van der Waals surface area (Å²) >= 11 is 0. The maximum atomic E-state index is 11.7. The van der Waals surface area contributed by atoms with Gasteiger partial charge >= 0.3 is 5.97 Å². The first-order valence-electron chi connectivity index (χ1n) is 10.5. The van der Waals surface area contributed by atoms with Crippen molar-refractivity contribution in [2.24, 2.45) is 10.9 Å². The fourth-order valence-electron chi connectivity index (χ4n) is 3.87. The van der Waals surface area contributed by atoms with Crippen molar-refractivity contribution in [2.75, 3.05) is 47.0 Å². The molecule has 0 aromatic carbocycles. The summed E-state index contributed by atoms with van der Waals surface area (Å²) in [4.78, 5) is 18.6. The zero-order chi connectivity index (χ0) is 21.2. The van der Waals surface area contributed by atoms with Gasteiger partial charge in [0.1, 0.15) is 17.1 Å². The molecular formula is C21H36N4O4. The van der Waals surface area contributed by atoms with Crippen LogP contribution >= 0.6 is 0 Å². The highest BCUT2D eigenvalue weighted by Gasteiger charge is 2.27. The van der Waals surface area contributed by atoms with E-state index in [1.807, 2.05) is 0 Å². The van der Waals surface area contributed by atoms with Gasteiger partial charge in [-0.2, -0.15) is 0 Å². The number of furan rings is 1. The van der Waals surface area contributed by atoms with Crippen LogP contribution in [-0.4, -0.2) is 69.9 Å². The number of methoxy groups -OCH3 is 1. The second-order valence-corrected chi connectivity index (χ2v) is 7.27. The summed E-state index contributed by atoms with van der Waals surface area (Å²) in [5.41, 5.74) is 0.452. The quantitative estimate of drug-likeness (QED) is 0.368. The summed E-state index contributed by atoms with van der Waals surface area (Å²) in [6.07, 6.45) is 2.29. The van der Waals surface area contributed by atoms with E-state index in [9.17, 15) is 4.79 Å². The first-order chi connectivity index (χ1) is 14.0. The molecule has 29 heavy (non-hydrogen) atoms. The van der Waals surface area contributed by atoms with E-state index in [4.69, 9.17) is 13.9 Å². The smallest absolute Gasteiger partial charge is 0.341 e. The molecule has 1 aliphatic heterocycles. The number of rotatable bonds is 9. The number of nitrogens with zero attached hydrogens (tertiary/aromatic N) is 2. The Hall–Kier alpha value is -2.06. The van der Waals surface area contributed by atoms with Gasteiger partial charge in [-0.25, -0.2) is 4.79 Å². The van der Waals surface area contributed by atoms with Gasteiger partial charge in [0, 0.05) is 32.7 Å². The van der Waals surface area contributed by atoms with Crippen LogP contribution in [0.2, 0.25) is 0 Å². The number of aryl methyl sites for hydroxylation is 1. The maximum Gasteiger partial charge on any atom is 0.341 e. The van der Waals surface area contributed by atoms with Crippen LogP contribution in [0.1, 0.15) is 48.6 Å². The van der Waals surface area contributed by atoms with Crippen molar-refractivity contribution in [1.29, 1.82) is 0 Å². The summed E-state index contributed by atoms with van der Waals surface area (Å²) in [5.74, 6) is 2.16. The number of hydrogen-bond acceptors (Lipinski definition) is 6. The van der Waals surface area contributed by atoms with Crippen molar-refractivity contribution in [3.05, 3.63) is 23.2 Å². The van der Waals surface area contributed by atoms with Gasteiger partial charge in [-0.15, -0.1) is 0 Å². The Morgan fingerprint density at radius 1 is 1.28 bits per heavy atom. The number of nitrogens with one attached hydrogen (secondary N) is 2. The lowest BCUT2D eigenvalue weighted by molar-refractivity contribution is 0.00272. The van der Waals surface area contributed by atoms with E-state index in [0.717, 1.165) is 45.7 Å². The average Bonchev–Trinajstić information content (AvgIpc) is 3.13. The summed E-state index contributed by atoms with van der Waals surface area (Å²) in [6, 6.07) is 2.14. The molecule has 2 rings (SSSR count). The van der Waals surface area contributed by atoms with E-state index < -0.39 is 5.97 Å². The number of ether oxygens (including phenoxy) is 2. The van der Waals surface area contributed by atoms with Crippen molar-refractivity contribution in [2.45, 2.75) is 46.2 Å². The molecule has 0 saturated carbocycles. The highest BCUT2D eigenvalue weighted by atomic mass is 16.5. The van der Waals surface area contributed by atoms with Crippen LogP contribution in [0.3, 0.4) is 0 Å². The molecule has 1 aliphatic rings. The van der Waals surface area contributed by atoms with Crippen molar-refractivity contribution < 1.29 is 18.7 Å². The maximum absolute atomic E-state index is 11.7. The van der Waals surface area contributed by atoms with Crippen LogP contribution in [0.15, 0.2) is 15.5 Å². The predicted molar refractivity (Wildman–Crippen MR) is 113 cm³/mol. The molecule has 1 aromatic heterocycles. The molecule has 164 valence electrons. The molecule has 1 saturated heterocycles. The zero-order valence-corrected chi connectivity index (χ0v) is 18.4. The van der Waals surface area contributed by atoms with Crippen LogP contribution in [0.5, 0.6) is 0 Å². The van der Waals surface area contributed by atoms with Gasteiger partial charge in [-0.1, -0.05) is 26.7 Å². The molecule has 0 amide bonds. The Bertz CT molecular complexity index is 664. The largest absolute Gasteiger partial charge is 0.465 e. The van der Waals surface area contributed by atoms with Crippen LogP contribution in [0, 0.1) is 12.8 Å². The number of carbonyl (C=O) groups excluding carboxylic acids is 1. The third-order valence-corrected chi connectivity index (χ3v) is 5.61. The van der Waals surface area contributed by atoms with Crippen molar-refractivity contribution in [3.8, 4) is 0 Å². The van der Waals surface area contributed by atoms with E-state index in [1.54, 1.807) is 20.0 Å². The van der Waals surface area contributed by atoms with Crippen LogP contribution < -0.4 is 10.6 Å². The number of esters is 1. The van der Waals surface area contributed by atoms with Crippen LogP contribution in [0.25, 0.3) is 0 Å². The summed E-state index contributed by atoms with van der Waals surface area (Å²) in [5, 5.41) is 6.73. The Kier molecular flexibility index (Phi) is 9.47. The minimum Gasteiger partial charge on any atom is -0.465 e. The average molecular weight is 409 g/mol. The first-order valence-corrected chi connectivity index (χ1v) is 10.5. The lowest BCUT2D eigenvalue weighted by Gasteiger charge is -2.39. The molecule has 0 bridgehead atoms. The Morgan fingerprint density at radius 2 is 1.97 bits per heavy atom. The molecule has 2 N–H and O–H groups in total. The molecular weight excluding hydrogens is 372 g/mol. The minimum atomic E-state index is -0.390. The van der Waals surface area contributed by atoms with Crippen molar-refractivity contribution in [1.82, 2.24) is 15.5 Å². The first kappa shape index (κ1) is 23.2.